The first-order chi connectivity index (χ1) is 14.9. The minimum atomic E-state index is -1.01. The Labute approximate surface area is 186 Å². The number of phenolic OH excluding ortho intramolecular Hbond substituents is 1. The van der Waals surface area contributed by atoms with E-state index in [1.165, 1.54) is 13.0 Å². The van der Waals surface area contributed by atoms with E-state index in [1.54, 1.807) is 27.7 Å². The average molecular weight is 446 g/mol. The molecule has 2 heterocycles. The Morgan fingerprint density at radius 3 is 2.50 bits per heavy atom. The first kappa shape index (κ1) is 23.8. The summed E-state index contributed by atoms with van der Waals surface area (Å²) in [5.41, 5.74) is -1.40. The number of rotatable bonds is 6. The SMILES string of the molecule is CCC(C)C(=O)c1c(O)c2c(c3c(C(CC)OC(C)=O)cc(=O)oc13)OC(C)(C)C(O)C2. The van der Waals surface area contributed by atoms with Crippen LogP contribution in [0, 0.1) is 5.92 Å². The van der Waals surface area contributed by atoms with Gasteiger partial charge in [0, 0.05) is 36.5 Å². The van der Waals surface area contributed by atoms with E-state index >= 15 is 0 Å². The average Bonchev–Trinajstić information content (AvgIpc) is 2.71. The van der Waals surface area contributed by atoms with Crippen molar-refractivity contribution in [2.75, 3.05) is 0 Å². The molecule has 32 heavy (non-hydrogen) atoms. The third-order valence-corrected chi connectivity index (χ3v) is 6.14. The molecular weight excluding hydrogens is 416 g/mol. The van der Waals surface area contributed by atoms with Crippen molar-refractivity contribution in [3.63, 3.8) is 0 Å². The minimum absolute atomic E-state index is 0.0355. The van der Waals surface area contributed by atoms with Gasteiger partial charge >= 0.3 is 11.6 Å². The van der Waals surface area contributed by atoms with E-state index in [9.17, 15) is 24.6 Å². The summed E-state index contributed by atoms with van der Waals surface area (Å²) in [6.45, 7) is 10.0. The summed E-state index contributed by atoms with van der Waals surface area (Å²) in [5, 5.41) is 22.0. The van der Waals surface area contributed by atoms with E-state index in [1.807, 2.05) is 6.92 Å². The number of aliphatic hydroxyl groups is 1. The van der Waals surface area contributed by atoms with Gasteiger partial charge in [0.25, 0.3) is 0 Å². The maximum Gasteiger partial charge on any atom is 0.336 e. The molecule has 3 rings (SSSR count). The van der Waals surface area contributed by atoms with Gasteiger partial charge in [-0.3, -0.25) is 9.59 Å². The Balaban J connectivity index is 2.50. The molecule has 0 amide bonds. The second-order valence-corrected chi connectivity index (χ2v) is 8.86. The lowest BCUT2D eigenvalue weighted by Crippen LogP contribution is -2.46. The van der Waals surface area contributed by atoms with Crippen molar-refractivity contribution < 1.29 is 33.7 Å². The normalized spacial score (nSPS) is 19.0. The highest BCUT2D eigenvalue weighted by Crippen LogP contribution is 2.48. The number of fused-ring (bicyclic) bond motifs is 3. The smallest absolute Gasteiger partial charge is 0.336 e. The highest BCUT2D eigenvalue weighted by molar-refractivity contribution is 6.12. The molecule has 174 valence electrons. The van der Waals surface area contributed by atoms with E-state index in [0.717, 1.165) is 0 Å². The van der Waals surface area contributed by atoms with Gasteiger partial charge in [0.15, 0.2) is 11.4 Å². The maximum absolute atomic E-state index is 13.2. The van der Waals surface area contributed by atoms with Crippen LogP contribution in [-0.4, -0.2) is 33.7 Å². The van der Waals surface area contributed by atoms with E-state index in [-0.39, 0.29) is 40.0 Å². The number of benzene rings is 1. The Bertz CT molecular complexity index is 1130. The van der Waals surface area contributed by atoms with Crippen LogP contribution in [-0.2, 0) is 16.0 Å². The number of carbonyl (C=O) groups excluding carboxylic acids is 2. The van der Waals surface area contributed by atoms with E-state index in [4.69, 9.17) is 13.9 Å². The first-order valence-corrected chi connectivity index (χ1v) is 10.9. The molecule has 1 aromatic carbocycles. The van der Waals surface area contributed by atoms with Crippen molar-refractivity contribution in [2.24, 2.45) is 5.92 Å². The van der Waals surface area contributed by atoms with Gasteiger partial charge in [0.2, 0.25) is 0 Å². The fraction of sp³-hybridized carbons (Fsp3) is 0.542. The van der Waals surface area contributed by atoms with Crippen LogP contribution in [0.4, 0.5) is 0 Å². The molecule has 2 aromatic rings. The van der Waals surface area contributed by atoms with Gasteiger partial charge in [-0.05, 0) is 26.7 Å². The molecule has 0 bridgehead atoms. The molecule has 8 nitrogen and oxygen atoms in total. The summed E-state index contributed by atoms with van der Waals surface area (Å²) in [6, 6.07) is 1.22. The summed E-state index contributed by atoms with van der Waals surface area (Å²) >= 11 is 0. The molecule has 0 spiro atoms. The summed E-state index contributed by atoms with van der Waals surface area (Å²) in [4.78, 5) is 37.5. The third kappa shape index (κ3) is 3.99. The number of aromatic hydroxyl groups is 1. The lowest BCUT2D eigenvalue weighted by molar-refractivity contribution is -0.146. The number of carbonyl (C=O) groups is 2. The number of phenols is 1. The highest BCUT2D eigenvalue weighted by atomic mass is 16.5. The van der Waals surface area contributed by atoms with Gasteiger partial charge in [0.1, 0.15) is 28.8 Å². The second kappa shape index (κ2) is 8.58. The fourth-order valence-corrected chi connectivity index (χ4v) is 3.99. The number of hydrogen-bond donors (Lipinski definition) is 2. The summed E-state index contributed by atoms with van der Waals surface area (Å²) < 4.78 is 17.0. The first-order valence-electron chi connectivity index (χ1n) is 10.9. The molecule has 0 aliphatic carbocycles. The fourth-order valence-electron chi connectivity index (χ4n) is 3.99. The van der Waals surface area contributed by atoms with Crippen molar-refractivity contribution in [1.82, 2.24) is 0 Å². The number of Topliss-reactive ketones (excluding diaryl/α,β-unsaturated/α-hetero) is 1. The van der Waals surface area contributed by atoms with E-state index in [0.29, 0.717) is 18.4 Å². The summed E-state index contributed by atoms with van der Waals surface area (Å²) in [5.74, 6) is -1.53. The maximum atomic E-state index is 13.2. The number of aliphatic hydroxyl groups excluding tert-OH is 1. The lowest BCUT2D eigenvalue weighted by Gasteiger charge is -2.38. The van der Waals surface area contributed by atoms with Crippen LogP contribution in [0.15, 0.2) is 15.3 Å². The van der Waals surface area contributed by atoms with Crippen LogP contribution in [0.25, 0.3) is 11.0 Å². The number of ketones is 1. The van der Waals surface area contributed by atoms with Crippen molar-refractivity contribution in [3.05, 3.63) is 33.2 Å². The van der Waals surface area contributed by atoms with Gasteiger partial charge in [-0.1, -0.05) is 20.8 Å². The molecule has 0 fully saturated rings. The Hall–Kier alpha value is -2.87. The molecule has 0 saturated heterocycles. The van der Waals surface area contributed by atoms with Crippen LogP contribution in [0.5, 0.6) is 11.5 Å². The largest absolute Gasteiger partial charge is 0.507 e. The molecule has 8 heteroatoms. The van der Waals surface area contributed by atoms with Crippen molar-refractivity contribution in [3.8, 4) is 11.5 Å². The zero-order valence-electron chi connectivity index (χ0n) is 19.3. The molecule has 0 radical (unpaired) electrons. The topological polar surface area (TPSA) is 123 Å². The lowest BCUT2D eigenvalue weighted by atomic mass is 9.84. The standard InChI is InChI=1S/C24H30O8/c1-7-11(3)20(28)19-21(29)14-9-16(26)24(5,6)32-22(14)18-13(10-17(27)31-23(18)19)15(8-2)30-12(4)25/h10-11,15-16,26,29H,7-9H2,1-6H3. The summed E-state index contributed by atoms with van der Waals surface area (Å²) in [7, 11) is 0. The van der Waals surface area contributed by atoms with Gasteiger partial charge in [-0.2, -0.15) is 0 Å². The van der Waals surface area contributed by atoms with Crippen LogP contribution >= 0.6 is 0 Å². The molecule has 1 aromatic heterocycles. The Kier molecular flexibility index (Phi) is 6.38. The molecule has 3 atom stereocenters. The molecule has 3 unspecified atom stereocenters. The van der Waals surface area contributed by atoms with Gasteiger partial charge < -0.3 is 24.1 Å². The van der Waals surface area contributed by atoms with Crippen LogP contribution < -0.4 is 10.4 Å². The zero-order chi connectivity index (χ0) is 24.0. The molecule has 1 aliphatic rings. The van der Waals surface area contributed by atoms with Crippen LogP contribution in [0.2, 0.25) is 0 Å². The van der Waals surface area contributed by atoms with E-state index in [2.05, 4.69) is 0 Å². The van der Waals surface area contributed by atoms with E-state index < -0.39 is 41.1 Å². The summed E-state index contributed by atoms with van der Waals surface area (Å²) in [6.07, 6.45) is -0.836. The van der Waals surface area contributed by atoms with Crippen molar-refractivity contribution >= 4 is 22.7 Å². The third-order valence-electron chi connectivity index (χ3n) is 6.14. The van der Waals surface area contributed by atoms with Crippen molar-refractivity contribution in [1.29, 1.82) is 0 Å². The van der Waals surface area contributed by atoms with Gasteiger partial charge in [-0.15, -0.1) is 0 Å². The van der Waals surface area contributed by atoms with Gasteiger partial charge in [0.05, 0.1) is 11.5 Å². The number of esters is 1. The molecule has 1 aliphatic heterocycles. The Morgan fingerprint density at radius 1 is 1.28 bits per heavy atom. The molecule has 2 N–H and O–H groups in total. The number of hydrogen-bond acceptors (Lipinski definition) is 8. The molecular formula is C24H30O8. The minimum Gasteiger partial charge on any atom is -0.507 e. The number of ether oxygens (including phenoxy) is 2. The van der Waals surface area contributed by atoms with Gasteiger partial charge in [-0.25, -0.2) is 4.79 Å². The Morgan fingerprint density at radius 2 is 1.94 bits per heavy atom. The predicted octanol–water partition coefficient (Wildman–Crippen LogP) is 3.82. The highest BCUT2D eigenvalue weighted by Gasteiger charge is 2.41. The van der Waals surface area contributed by atoms with Crippen LogP contribution in [0.1, 0.15) is 82.0 Å². The zero-order valence-corrected chi connectivity index (χ0v) is 19.3. The molecule has 0 saturated carbocycles. The quantitative estimate of drug-likeness (QED) is 0.390. The van der Waals surface area contributed by atoms with Crippen molar-refractivity contribution in [2.45, 2.75) is 78.6 Å². The second-order valence-electron chi connectivity index (χ2n) is 8.86. The van der Waals surface area contributed by atoms with Crippen LogP contribution in [0.3, 0.4) is 0 Å². The predicted molar refractivity (Wildman–Crippen MR) is 117 cm³/mol. The monoisotopic (exact) mass is 446 g/mol.